The maximum absolute atomic E-state index is 11.8. The van der Waals surface area contributed by atoms with Crippen LogP contribution in [0.4, 0.5) is 4.79 Å². The standard InChI is InChI=1S/C10H17N3O4S/c1-18-5-2-7(9(15)16)12-10(17)13-4-3-11-8(14)6-13/h7H,2-6H2,1H3,(H,11,14)(H,12,17)(H,15,16)/t7-/m1/s1. The third-order valence-corrected chi connectivity index (χ3v) is 3.18. The molecule has 7 nitrogen and oxygen atoms in total. The second-order valence-corrected chi connectivity index (χ2v) is 4.88. The molecule has 1 heterocycles. The van der Waals surface area contributed by atoms with E-state index in [0.29, 0.717) is 25.3 Å². The molecular formula is C10H17N3O4S. The van der Waals surface area contributed by atoms with Gasteiger partial charge in [0.1, 0.15) is 12.6 Å². The lowest BCUT2D eigenvalue weighted by atomic mass is 10.2. The van der Waals surface area contributed by atoms with Crippen molar-refractivity contribution in [2.75, 3.05) is 31.6 Å². The van der Waals surface area contributed by atoms with Crippen LogP contribution in [0.3, 0.4) is 0 Å². The number of hydrogen-bond acceptors (Lipinski definition) is 4. The van der Waals surface area contributed by atoms with Gasteiger partial charge in [-0.25, -0.2) is 9.59 Å². The van der Waals surface area contributed by atoms with Gasteiger partial charge >= 0.3 is 12.0 Å². The lowest BCUT2D eigenvalue weighted by molar-refractivity contribution is -0.139. The van der Waals surface area contributed by atoms with Crippen LogP contribution in [0.5, 0.6) is 0 Å². The number of thioether (sulfide) groups is 1. The zero-order valence-electron chi connectivity index (χ0n) is 10.1. The number of piperazine rings is 1. The van der Waals surface area contributed by atoms with Crippen LogP contribution in [-0.2, 0) is 9.59 Å². The van der Waals surface area contributed by atoms with Crippen molar-refractivity contribution in [1.82, 2.24) is 15.5 Å². The Kier molecular flexibility index (Phi) is 5.76. The molecule has 1 rings (SSSR count). The molecule has 0 aromatic rings. The first-order valence-corrected chi connectivity index (χ1v) is 6.98. The monoisotopic (exact) mass is 275 g/mol. The molecule has 3 amide bonds. The molecular weight excluding hydrogens is 258 g/mol. The average Bonchev–Trinajstić information content (AvgIpc) is 2.33. The zero-order valence-corrected chi connectivity index (χ0v) is 11.0. The van der Waals surface area contributed by atoms with Crippen LogP contribution < -0.4 is 10.6 Å². The fourth-order valence-corrected chi connectivity index (χ4v) is 2.02. The third-order valence-electron chi connectivity index (χ3n) is 2.53. The second kappa shape index (κ2) is 7.10. The lowest BCUT2D eigenvalue weighted by Crippen LogP contribution is -2.55. The smallest absolute Gasteiger partial charge is 0.326 e. The number of rotatable bonds is 5. The van der Waals surface area contributed by atoms with E-state index in [1.165, 1.54) is 16.7 Å². The Morgan fingerprint density at radius 1 is 1.61 bits per heavy atom. The lowest BCUT2D eigenvalue weighted by Gasteiger charge is -2.28. The molecule has 8 heteroatoms. The van der Waals surface area contributed by atoms with Crippen molar-refractivity contribution in [3.05, 3.63) is 0 Å². The van der Waals surface area contributed by atoms with Crippen molar-refractivity contribution in [3.8, 4) is 0 Å². The normalized spacial score (nSPS) is 16.9. The summed E-state index contributed by atoms with van der Waals surface area (Å²) in [5.74, 6) is -0.635. The molecule has 0 aromatic carbocycles. The van der Waals surface area contributed by atoms with Crippen LogP contribution in [0.1, 0.15) is 6.42 Å². The van der Waals surface area contributed by atoms with Crippen LogP contribution >= 0.6 is 11.8 Å². The second-order valence-electron chi connectivity index (χ2n) is 3.89. The zero-order chi connectivity index (χ0) is 13.5. The van der Waals surface area contributed by atoms with Crippen LogP contribution in [0, 0.1) is 0 Å². The van der Waals surface area contributed by atoms with E-state index >= 15 is 0 Å². The van der Waals surface area contributed by atoms with Gasteiger partial charge in [0.15, 0.2) is 0 Å². The summed E-state index contributed by atoms with van der Waals surface area (Å²) in [7, 11) is 0. The number of aliphatic carboxylic acids is 1. The van der Waals surface area contributed by atoms with E-state index in [-0.39, 0.29) is 12.5 Å². The van der Waals surface area contributed by atoms with Gasteiger partial charge in [-0.1, -0.05) is 0 Å². The van der Waals surface area contributed by atoms with Gasteiger partial charge in [-0.15, -0.1) is 0 Å². The Morgan fingerprint density at radius 2 is 2.33 bits per heavy atom. The molecule has 0 aliphatic carbocycles. The van der Waals surface area contributed by atoms with E-state index < -0.39 is 18.0 Å². The first-order chi connectivity index (χ1) is 8.54. The number of carboxylic acid groups (broad SMARTS) is 1. The van der Waals surface area contributed by atoms with Gasteiger partial charge in [0.05, 0.1) is 0 Å². The third kappa shape index (κ3) is 4.44. The summed E-state index contributed by atoms with van der Waals surface area (Å²) in [4.78, 5) is 35.2. The van der Waals surface area contributed by atoms with Crippen LogP contribution in [0.2, 0.25) is 0 Å². The number of carbonyl (C=O) groups excluding carboxylic acids is 2. The van der Waals surface area contributed by atoms with Gasteiger partial charge in [0.25, 0.3) is 0 Å². The van der Waals surface area contributed by atoms with E-state index in [1.807, 2.05) is 6.26 Å². The molecule has 0 bridgehead atoms. The molecule has 3 N–H and O–H groups in total. The molecule has 0 spiro atoms. The van der Waals surface area contributed by atoms with E-state index in [9.17, 15) is 14.4 Å². The van der Waals surface area contributed by atoms with Crippen LogP contribution in [-0.4, -0.2) is 65.6 Å². The summed E-state index contributed by atoms with van der Waals surface area (Å²) in [6.45, 7) is 0.766. The van der Waals surface area contributed by atoms with E-state index in [4.69, 9.17) is 5.11 Å². The number of hydrogen-bond donors (Lipinski definition) is 3. The maximum atomic E-state index is 11.8. The molecule has 0 unspecified atom stereocenters. The van der Waals surface area contributed by atoms with Crippen molar-refractivity contribution in [3.63, 3.8) is 0 Å². The van der Waals surface area contributed by atoms with Crippen LogP contribution in [0.25, 0.3) is 0 Å². The van der Waals surface area contributed by atoms with Crippen molar-refractivity contribution in [2.24, 2.45) is 0 Å². The topological polar surface area (TPSA) is 98.7 Å². The molecule has 102 valence electrons. The highest BCUT2D eigenvalue weighted by molar-refractivity contribution is 7.98. The summed E-state index contributed by atoms with van der Waals surface area (Å²) in [5, 5.41) is 14.0. The fraction of sp³-hybridized carbons (Fsp3) is 0.700. The van der Waals surface area contributed by atoms with Gasteiger partial charge in [0, 0.05) is 13.1 Å². The molecule has 0 saturated carbocycles. The molecule has 18 heavy (non-hydrogen) atoms. The number of nitrogens with one attached hydrogen (secondary N) is 2. The Balaban J connectivity index is 2.49. The largest absolute Gasteiger partial charge is 0.480 e. The van der Waals surface area contributed by atoms with Crippen molar-refractivity contribution in [2.45, 2.75) is 12.5 Å². The molecule has 1 aliphatic heterocycles. The molecule has 1 saturated heterocycles. The van der Waals surface area contributed by atoms with E-state index in [0.717, 1.165) is 0 Å². The summed E-state index contributed by atoms with van der Waals surface area (Å²) in [6, 6.07) is -1.41. The maximum Gasteiger partial charge on any atom is 0.326 e. The predicted molar refractivity (Wildman–Crippen MR) is 67.5 cm³/mol. The van der Waals surface area contributed by atoms with Crippen molar-refractivity contribution in [1.29, 1.82) is 0 Å². The minimum Gasteiger partial charge on any atom is -0.480 e. The minimum absolute atomic E-state index is 0.0271. The van der Waals surface area contributed by atoms with Gasteiger partial charge in [-0.05, 0) is 18.4 Å². The average molecular weight is 275 g/mol. The van der Waals surface area contributed by atoms with E-state index in [2.05, 4.69) is 10.6 Å². The van der Waals surface area contributed by atoms with Gasteiger partial charge in [-0.3, -0.25) is 4.79 Å². The van der Waals surface area contributed by atoms with Gasteiger partial charge in [0.2, 0.25) is 5.91 Å². The van der Waals surface area contributed by atoms with Crippen molar-refractivity contribution < 1.29 is 19.5 Å². The number of urea groups is 1. The molecule has 0 aromatic heterocycles. The van der Waals surface area contributed by atoms with Gasteiger partial charge < -0.3 is 20.6 Å². The quantitative estimate of drug-likeness (QED) is 0.618. The van der Waals surface area contributed by atoms with E-state index in [1.54, 1.807) is 0 Å². The van der Waals surface area contributed by atoms with Crippen molar-refractivity contribution >= 4 is 29.7 Å². The Bertz CT molecular complexity index is 337. The SMILES string of the molecule is CSCC[C@@H](NC(=O)N1CCNC(=O)C1)C(=O)O. The predicted octanol–water partition coefficient (Wildman–Crippen LogP) is -0.666. The highest BCUT2D eigenvalue weighted by Gasteiger charge is 2.25. The molecule has 1 aliphatic rings. The summed E-state index contributed by atoms with van der Waals surface area (Å²) < 4.78 is 0. The summed E-state index contributed by atoms with van der Waals surface area (Å²) >= 11 is 1.52. The number of nitrogens with zero attached hydrogens (tertiary/aromatic N) is 1. The minimum atomic E-state index is -1.06. The first-order valence-electron chi connectivity index (χ1n) is 5.58. The van der Waals surface area contributed by atoms with Gasteiger partial charge in [-0.2, -0.15) is 11.8 Å². The molecule has 1 atom stereocenters. The molecule has 1 fully saturated rings. The summed E-state index contributed by atoms with van der Waals surface area (Å²) in [6.07, 6.45) is 2.23. The number of carboxylic acids is 1. The molecule has 0 radical (unpaired) electrons. The Labute approximate surface area is 109 Å². The fourth-order valence-electron chi connectivity index (χ4n) is 1.55. The summed E-state index contributed by atoms with van der Waals surface area (Å²) in [5.41, 5.74) is 0. The first kappa shape index (κ1) is 14.6. The highest BCUT2D eigenvalue weighted by atomic mass is 32.2. The number of amides is 3. The number of carbonyl (C=O) groups is 3. The Morgan fingerprint density at radius 3 is 2.89 bits per heavy atom. The van der Waals surface area contributed by atoms with Crippen LogP contribution in [0.15, 0.2) is 0 Å². The Hall–Kier alpha value is -1.44. The highest BCUT2D eigenvalue weighted by Crippen LogP contribution is 2.03.